The largest absolute Gasteiger partial charge is 0.497 e. The van der Waals surface area contributed by atoms with Crippen LogP contribution in [0, 0.1) is 6.92 Å². The minimum absolute atomic E-state index is 0.739. The molecule has 106 valence electrons. The highest BCUT2D eigenvalue weighted by atomic mass is 79.9. The fourth-order valence-electron chi connectivity index (χ4n) is 2.03. The second-order valence-electron chi connectivity index (χ2n) is 4.50. The Kier molecular flexibility index (Phi) is 4.90. The molecule has 0 heterocycles. The number of methoxy groups -OCH3 is 2. The Labute approximate surface area is 128 Å². The summed E-state index contributed by atoms with van der Waals surface area (Å²) in [4.78, 5) is 0. The fourth-order valence-corrected chi connectivity index (χ4v) is 2.59. The zero-order valence-corrected chi connectivity index (χ0v) is 13.5. The molecule has 2 rings (SSSR count). The molecule has 0 aliphatic rings. The molecule has 0 radical (unpaired) electrons. The van der Waals surface area contributed by atoms with Crippen molar-refractivity contribution in [1.29, 1.82) is 0 Å². The van der Waals surface area contributed by atoms with E-state index < -0.39 is 0 Å². The van der Waals surface area contributed by atoms with Crippen molar-refractivity contribution >= 4 is 21.6 Å². The van der Waals surface area contributed by atoms with E-state index in [-0.39, 0.29) is 0 Å². The molecule has 0 aliphatic heterocycles. The van der Waals surface area contributed by atoms with Crippen molar-refractivity contribution in [2.45, 2.75) is 13.5 Å². The van der Waals surface area contributed by atoms with E-state index >= 15 is 0 Å². The first-order chi connectivity index (χ1) is 9.63. The molecule has 4 heteroatoms. The number of benzene rings is 2. The quantitative estimate of drug-likeness (QED) is 0.879. The predicted octanol–water partition coefficient (Wildman–Crippen LogP) is 4.39. The van der Waals surface area contributed by atoms with E-state index in [9.17, 15) is 0 Å². The van der Waals surface area contributed by atoms with Crippen LogP contribution >= 0.6 is 15.9 Å². The average Bonchev–Trinajstić information content (AvgIpc) is 2.46. The van der Waals surface area contributed by atoms with Crippen LogP contribution in [-0.4, -0.2) is 14.2 Å². The van der Waals surface area contributed by atoms with Crippen LogP contribution in [0.15, 0.2) is 40.9 Å². The van der Waals surface area contributed by atoms with Gasteiger partial charge in [0.15, 0.2) is 0 Å². The first-order valence-electron chi connectivity index (χ1n) is 6.35. The molecule has 1 N–H and O–H groups in total. The molecule has 0 amide bonds. The van der Waals surface area contributed by atoms with Crippen LogP contribution in [0.2, 0.25) is 0 Å². The number of hydrogen-bond donors (Lipinski definition) is 1. The maximum atomic E-state index is 5.42. The van der Waals surface area contributed by atoms with Crippen molar-refractivity contribution in [3.63, 3.8) is 0 Å². The highest BCUT2D eigenvalue weighted by Gasteiger charge is 2.07. The van der Waals surface area contributed by atoms with E-state index in [1.54, 1.807) is 14.2 Å². The zero-order chi connectivity index (χ0) is 14.5. The number of rotatable bonds is 5. The topological polar surface area (TPSA) is 30.5 Å². The van der Waals surface area contributed by atoms with Crippen molar-refractivity contribution in [2.24, 2.45) is 0 Å². The predicted molar refractivity (Wildman–Crippen MR) is 85.8 cm³/mol. The molecule has 0 atom stereocenters. The Balaban J connectivity index is 2.13. The summed E-state index contributed by atoms with van der Waals surface area (Å²) in [6.45, 7) is 2.80. The Morgan fingerprint density at radius 1 is 1.05 bits per heavy atom. The molecule has 2 aromatic rings. The number of anilines is 1. The van der Waals surface area contributed by atoms with Crippen LogP contribution in [0.4, 0.5) is 5.69 Å². The van der Waals surface area contributed by atoms with Gasteiger partial charge in [0.05, 0.1) is 19.9 Å². The standard InChI is InChI=1S/C16H18BrNO2/c1-11-8-13(17)9-15(20-3)16(11)18-10-12-4-6-14(19-2)7-5-12/h4-9,18H,10H2,1-3H3. The highest BCUT2D eigenvalue weighted by molar-refractivity contribution is 9.10. The summed E-state index contributed by atoms with van der Waals surface area (Å²) >= 11 is 3.48. The van der Waals surface area contributed by atoms with Crippen molar-refractivity contribution in [3.05, 3.63) is 52.0 Å². The number of hydrogen-bond acceptors (Lipinski definition) is 3. The van der Waals surface area contributed by atoms with Gasteiger partial charge in [-0.3, -0.25) is 0 Å². The second kappa shape index (κ2) is 6.66. The lowest BCUT2D eigenvalue weighted by atomic mass is 10.1. The summed E-state index contributed by atoms with van der Waals surface area (Å²) in [5.74, 6) is 1.71. The fraction of sp³-hybridized carbons (Fsp3) is 0.250. The normalized spacial score (nSPS) is 10.2. The van der Waals surface area contributed by atoms with E-state index in [2.05, 4.69) is 34.2 Å². The molecule has 0 unspecified atom stereocenters. The lowest BCUT2D eigenvalue weighted by Gasteiger charge is -2.15. The van der Waals surface area contributed by atoms with Gasteiger partial charge in [0.2, 0.25) is 0 Å². The molecule has 0 saturated heterocycles. The minimum Gasteiger partial charge on any atom is -0.497 e. The Hall–Kier alpha value is -1.68. The molecular weight excluding hydrogens is 318 g/mol. The number of nitrogens with one attached hydrogen (secondary N) is 1. The van der Waals surface area contributed by atoms with Crippen LogP contribution < -0.4 is 14.8 Å². The second-order valence-corrected chi connectivity index (χ2v) is 5.42. The number of aryl methyl sites for hydroxylation is 1. The van der Waals surface area contributed by atoms with E-state index in [4.69, 9.17) is 9.47 Å². The summed E-state index contributed by atoms with van der Waals surface area (Å²) in [7, 11) is 3.35. The van der Waals surface area contributed by atoms with E-state index in [0.717, 1.165) is 33.8 Å². The van der Waals surface area contributed by atoms with Crippen LogP contribution in [0.1, 0.15) is 11.1 Å². The molecule has 3 nitrogen and oxygen atoms in total. The van der Waals surface area contributed by atoms with Gasteiger partial charge in [-0.25, -0.2) is 0 Å². The molecule has 0 aromatic heterocycles. The van der Waals surface area contributed by atoms with Gasteiger partial charge in [-0.05, 0) is 42.3 Å². The third-order valence-corrected chi connectivity index (χ3v) is 3.57. The van der Waals surface area contributed by atoms with Crippen LogP contribution in [0.5, 0.6) is 11.5 Å². The molecule has 0 spiro atoms. The summed E-state index contributed by atoms with van der Waals surface area (Å²) in [5.41, 5.74) is 3.35. The van der Waals surface area contributed by atoms with Gasteiger partial charge in [-0.15, -0.1) is 0 Å². The van der Waals surface area contributed by atoms with Crippen molar-refractivity contribution in [1.82, 2.24) is 0 Å². The van der Waals surface area contributed by atoms with Crippen molar-refractivity contribution in [3.8, 4) is 11.5 Å². The van der Waals surface area contributed by atoms with Gasteiger partial charge in [0.1, 0.15) is 11.5 Å². The Bertz CT molecular complexity index is 582. The van der Waals surface area contributed by atoms with Gasteiger partial charge in [-0.2, -0.15) is 0 Å². The maximum Gasteiger partial charge on any atom is 0.143 e. The molecule has 0 aliphatic carbocycles. The van der Waals surface area contributed by atoms with Crippen molar-refractivity contribution < 1.29 is 9.47 Å². The summed E-state index contributed by atoms with van der Waals surface area (Å²) < 4.78 is 11.6. The van der Waals surface area contributed by atoms with Gasteiger partial charge >= 0.3 is 0 Å². The first kappa shape index (κ1) is 14.7. The number of halogens is 1. The zero-order valence-electron chi connectivity index (χ0n) is 11.9. The van der Waals surface area contributed by atoms with Crippen LogP contribution in [0.25, 0.3) is 0 Å². The van der Waals surface area contributed by atoms with E-state index in [0.29, 0.717) is 0 Å². The van der Waals surface area contributed by atoms with E-state index in [1.807, 2.05) is 30.3 Å². The third kappa shape index (κ3) is 3.45. The van der Waals surface area contributed by atoms with Crippen molar-refractivity contribution in [2.75, 3.05) is 19.5 Å². The van der Waals surface area contributed by atoms with Gasteiger partial charge in [-0.1, -0.05) is 28.1 Å². The summed E-state index contributed by atoms with van der Waals surface area (Å²) in [6.07, 6.45) is 0. The minimum atomic E-state index is 0.739. The molecule has 2 aromatic carbocycles. The molecule has 0 fully saturated rings. The summed E-state index contributed by atoms with van der Waals surface area (Å²) in [5, 5.41) is 3.43. The molecule has 0 saturated carbocycles. The first-order valence-corrected chi connectivity index (χ1v) is 7.14. The van der Waals surface area contributed by atoms with E-state index in [1.165, 1.54) is 5.56 Å². The smallest absolute Gasteiger partial charge is 0.143 e. The van der Waals surface area contributed by atoms with Gasteiger partial charge in [0.25, 0.3) is 0 Å². The number of ether oxygens (including phenoxy) is 2. The highest BCUT2D eigenvalue weighted by Crippen LogP contribution is 2.32. The molecular formula is C16H18BrNO2. The lowest BCUT2D eigenvalue weighted by molar-refractivity contribution is 0.414. The summed E-state index contributed by atoms with van der Waals surface area (Å²) in [6, 6.07) is 12.0. The Morgan fingerprint density at radius 2 is 1.75 bits per heavy atom. The molecule has 0 bridgehead atoms. The van der Waals surface area contributed by atoms with Crippen LogP contribution in [0.3, 0.4) is 0 Å². The van der Waals surface area contributed by atoms with Crippen LogP contribution in [-0.2, 0) is 6.54 Å². The molecule has 20 heavy (non-hydrogen) atoms. The van der Waals surface area contributed by atoms with Gasteiger partial charge < -0.3 is 14.8 Å². The monoisotopic (exact) mass is 335 g/mol. The van der Waals surface area contributed by atoms with Gasteiger partial charge in [0, 0.05) is 11.0 Å². The maximum absolute atomic E-state index is 5.42. The Morgan fingerprint density at radius 3 is 2.35 bits per heavy atom. The lowest BCUT2D eigenvalue weighted by Crippen LogP contribution is -2.03. The third-order valence-electron chi connectivity index (χ3n) is 3.11. The average molecular weight is 336 g/mol. The SMILES string of the molecule is COc1ccc(CNc2c(C)cc(Br)cc2OC)cc1.